The van der Waals surface area contributed by atoms with E-state index < -0.39 is 18.1 Å². The molecule has 0 bridgehead atoms. The lowest BCUT2D eigenvalue weighted by Gasteiger charge is -2.26. The van der Waals surface area contributed by atoms with E-state index in [1.807, 2.05) is 6.07 Å². The van der Waals surface area contributed by atoms with Gasteiger partial charge in [-0.1, -0.05) is 58.2 Å². The first-order chi connectivity index (χ1) is 17.1. The van der Waals surface area contributed by atoms with Crippen LogP contribution >= 0.6 is 11.6 Å². The number of hydrogen-bond donors (Lipinski definition) is 2. The first-order valence-electron chi connectivity index (χ1n) is 13.0. The summed E-state index contributed by atoms with van der Waals surface area (Å²) in [6.45, 7) is 9.08. The maximum atomic E-state index is 13.4. The first-order valence-corrected chi connectivity index (χ1v) is 13.4. The van der Waals surface area contributed by atoms with E-state index in [9.17, 15) is 18.7 Å². The molecule has 9 heteroatoms. The Labute approximate surface area is 223 Å². The van der Waals surface area contributed by atoms with E-state index in [2.05, 4.69) is 38.1 Å². The molecule has 206 valence electrons. The summed E-state index contributed by atoms with van der Waals surface area (Å²) < 4.78 is 33.1. The number of amides is 1. The van der Waals surface area contributed by atoms with Crippen LogP contribution in [0.15, 0.2) is 18.2 Å². The Hall–Kier alpha value is -2.19. The van der Waals surface area contributed by atoms with Crippen molar-refractivity contribution in [2.75, 3.05) is 6.54 Å². The maximum Gasteiger partial charge on any atom is 0.387 e. The van der Waals surface area contributed by atoms with Gasteiger partial charge in [0.05, 0.1) is 22.9 Å². The van der Waals surface area contributed by atoms with Crippen molar-refractivity contribution in [3.8, 4) is 17.0 Å². The Morgan fingerprint density at radius 3 is 2.43 bits per heavy atom. The predicted molar refractivity (Wildman–Crippen MR) is 142 cm³/mol. The van der Waals surface area contributed by atoms with Crippen molar-refractivity contribution >= 4 is 17.5 Å². The number of alkyl halides is 2. The van der Waals surface area contributed by atoms with Crippen molar-refractivity contribution in [3.63, 3.8) is 0 Å². The minimum Gasteiger partial charge on any atom is -0.434 e. The lowest BCUT2D eigenvalue weighted by Crippen LogP contribution is -2.32. The molecular formula is C28H40ClF2N3O3. The summed E-state index contributed by atoms with van der Waals surface area (Å²) in [4.78, 5) is 13.1. The second-order valence-electron chi connectivity index (χ2n) is 12.3. The van der Waals surface area contributed by atoms with Gasteiger partial charge in [0, 0.05) is 12.1 Å². The molecule has 0 unspecified atom stereocenters. The molecule has 0 radical (unpaired) electrons. The van der Waals surface area contributed by atoms with E-state index in [-0.39, 0.29) is 39.7 Å². The summed E-state index contributed by atoms with van der Waals surface area (Å²) >= 11 is 6.71. The molecular weight excluding hydrogens is 500 g/mol. The fourth-order valence-electron chi connectivity index (χ4n) is 4.86. The van der Waals surface area contributed by atoms with Crippen LogP contribution in [0, 0.1) is 17.3 Å². The monoisotopic (exact) mass is 539 g/mol. The molecule has 1 heterocycles. The van der Waals surface area contributed by atoms with E-state index in [1.54, 1.807) is 26.0 Å². The molecule has 0 saturated heterocycles. The third kappa shape index (κ3) is 8.40. The van der Waals surface area contributed by atoms with E-state index >= 15 is 0 Å². The third-order valence-electron chi connectivity index (χ3n) is 6.58. The lowest BCUT2D eigenvalue weighted by atomic mass is 9.83. The predicted octanol–water partition coefficient (Wildman–Crippen LogP) is 6.72. The molecule has 1 aliphatic carbocycles. The summed E-state index contributed by atoms with van der Waals surface area (Å²) in [5, 5.41) is 17.9. The number of halogens is 3. The van der Waals surface area contributed by atoms with Crippen LogP contribution in [0.4, 0.5) is 8.78 Å². The highest BCUT2D eigenvalue weighted by molar-refractivity contribution is 6.36. The highest BCUT2D eigenvalue weighted by atomic mass is 35.5. The molecule has 3 rings (SSSR count). The first kappa shape index (κ1) is 29.4. The van der Waals surface area contributed by atoms with Gasteiger partial charge in [0.25, 0.3) is 5.91 Å². The molecule has 2 N–H and O–H groups in total. The fraction of sp³-hybridized carbons (Fsp3) is 0.643. The Kier molecular flexibility index (Phi) is 9.27. The average Bonchev–Trinajstić information content (AvgIpc) is 3.06. The second kappa shape index (κ2) is 11.7. The van der Waals surface area contributed by atoms with Crippen LogP contribution in [0.1, 0.15) is 83.3 Å². The van der Waals surface area contributed by atoms with Crippen LogP contribution in [0.5, 0.6) is 5.75 Å². The summed E-state index contributed by atoms with van der Waals surface area (Å²) in [6.07, 6.45) is 5.05. The second-order valence-corrected chi connectivity index (χ2v) is 12.6. The number of nitrogens with one attached hydrogen (secondary N) is 1. The van der Waals surface area contributed by atoms with Crippen molar-refractivity contribution in [1.82, 2.24) is 15.1 Å². The van der Waals surface area contributed by atoms with Crippen molar-refractivity contribution in [1.29, 1.82) is 0 Å². The van der Waals surface area contributed by atoms with Gasteiger partial charge < -0.3 is 15.2 Å². The van der Waals surface area contributed by atoms with Gasteiger partial charge in [0.1, 0.15) is 5.75 Å². The fourth-order valence-corrected chi connectivity index (χ4v) is 5.18. The number of aliphatic hydroxyl groups is 1. The molecule has 0 aliphatic heterocycles. The summed E-state index contributed by atoms with van der Waals surface area (Å²) in [5.41, 5.74) is 0.0830. The van der Waals surface area contributed by atoms with Gasteiger partial charge >= 0.3 is 6.61 Å². The van der Waals surface area contributed by atoms with Gasteiger partial charge in [-0.15, -0.1) is 0 Å². The topological polar surface area (TPSA) is 76.4 Å². The molecule has 1 fully saturated rings. The smallest absolute Gasteiger partial charge is 0.387 e. The van der Waals surface area contributed by atoms with E-state index in [4.69, 9.17) is 16.3 Å². The molecule has 1 amide bonds. The maximum absolute atomic E-state index is 13.4. The molecule has 2 aromatic rings. The number of carbonyl (C=O) groups is 1. The van der Waals surface area contributed by atoms with Crippen molar-refractivity contribution in [2.24, 2.45) is 17.3 Å². The van der Waals surface area contributed by atoms with Crippen LogP contribution in [0.2, 0.25) is 5.02 Å². The molecule has 1 aromatic heterocycles. The Morgan fingerprint density at radius 1 is 1.22 bits per heavy atom. The Bertz CT molecular complexity index is 1080. The number of aromatic nitrogens is 2. The van der Waals surface area contributed by atoms with Gasteiger partial charge in [-0.2, -0.15) is 13.9 Å². The van der Waals surface area contributed by atoms with Crippen LogP contribution in [0.3, 0.4) is 0 Å². The van der Waals surface area contributed by atoms with Gasteiger partial charge in [-0.25, -0.2) is 0 Å². The standard InChI is InChI=1S/C28H40ClF2N3O3/c1-17-7-9-18(10-8-17)15-32-25(35)23-22(29)24(34(33-23)16-28(5,6)36)20-12-11-19(14-27(2,3)4)13-21(20)37-26(30)31/h11-13,17-18,26,36H,7-10,14-16H2,1-6H3,(H,32,35). The van der Waals surface area contributed by atoms with E-state index in [0.717, 1.165) is 31.2 Å². The van der Waals surface area contributed by atoms with Gasteiger partial charge in [0.2, 0.25) is 0 Å². The van der Waals surface area contributed by atoms with Gasteiger partial charge in [-0.3, -0.25) is 9.48 Å². The SMILES string of the molecule is CC1CCC(CNC(=O)c2nn(CC(C)(C)O)c(-c3ccc(CC(C)(C)C)cc3OC(F)F)c2Cl)CC1. The van der Waals surface area contributed by atoms with Crippen molar-refractivity contribution < 1.29 is 23.4 Å². The molecule has 0 atom stereocenters. The molecule has 1 aliphatic rings. The van der Waals surface area contributed by atoms with Crippen LogP contribution in [-0.2, 0) is 13.0 Å². The number of benzene rings is 1. The van der Waals surface area contributed by atoms with Crippen molar-refractivity contribution in [2.45, 2.75) is 92.4 Å². The molecule has 1 aromatic carbocycles. The average molecular weight is 540 g/mol. The minimum atomic E-state index is -3.05. The number of nitrogens with zero attached hydrogens (tertiary/aromatic N) is 2. The zero-order valence-corrected chi connectivity index (χ0v) is 23.5. The lowest BCUT2D eigenvalue weighted by molar-refractivity contribution is -0.0495. The van der Waals surface area contributed by atoms with E-state index in [0.29, 0.717) is 24.8 Å². The minimum absolute atomic E-state index is 0.00624. The number of ether oxygens (including phenoxy) is 1. The molecule has 6 nitrogen and oxygen atoms in total. The van der Waals surface area contributed by atoms with Gasteiger partial charge in [0.15, 0.2) is 5.69 Å². The quantitative estimate of drug-likeness (QED) is 0.371. The van der Waals surface area contributed by atoms with E-state index in [1.165, 1.54) is 4.68 Å². The molecule has 37 heavy (non-hydrogen) atoms. The highest BCUT2D eigenvalue weighted by Gasteiger charge is 2.29. The summed E-state index contributed by atoms with van der Waals surface area (Å²) in [6, 6.07) is 5.07. The zero-order valence-electron chi connectivity index (χ0n) is 22.7. The third-order valence-corrected chi connectivity index (χ3v) is 6.94. The Morgan fingerprint density at radius 2 is 1.86 bits per heavy atom. The zero-order chi connectivity index (χ0) is 27.5. The number of carbonyl (C=O) groups excluding carboxylic acids is 1. The van der Waals surface area contributed by atoms with Crippen LogP contribution in [0.25, 0.3) is 11.3 Å². The molecule has 0 spiro atoms. The largest absolute Gasteiger partial charge is 0.434 e. The van der Waals surface area contributed by atoms with Crippen molar-refractivity contribution in [3.05, 3.63) is 34.5 Å². The van der Waals surface area contributed by atoms with Gasteiger partial charge in [-0.05, 0) is 68.1 Å². The van der Waals surface area contributed by atoms with Crippen LogP contribution in [-0.4, -0.2) is 39.6 Å². The Balaban J connectivity index is 1.99. The summed E-state index contributed by atoms with van der Waals surface area (Å²) in [5.74, 6) is 0.623. The summed E-state index contributed by atoms with van der Waals surface area (Å²) in [7, 11) is 0. The normalized spacial score (nSPS) is 18.8. The number of rotatable bonds is 9. The molecule has 1 saturated carbocycles. The van der Waals surface area contributed by atoms with Crippen LogP contribution < -0.4 is 10.1 Å². The number of hydrogen-bond acceptors (Lipinski definition) is 4. The highest BCUT2D eigenvalue weighted by Crippen LogP contribution is 2.39.